The summed E-state index contributed by atoms with van der Waals surface area (Å²) in [5.41, 5.74) is -4.83. The van der Waals surface area contributed by atoms with Gasteiger partial charge in [0, 0.05) is 0 Å². The third-order valence-corrected chi connectivity index (χ3v) is 3.43. The van der Waals surface area contributed by atoms with Crippen LogP contribution in [0.4, 0.5) is 13.2 Å². The highest BCUT2D eigenvalue weighted by Gasteiger charge is 2.64. The van der Waals surface area contributed by atoms with Crippen LogP contribution >= 0.6 is 0 Å². The maximum atomic E-state index is 12.2. The van der Waals surface area contributed by atoms with Crippen LogP contribution in [0.5, 0.6) is 0 Å². The van der Waals surface area contributed by atoms with Gasteiger partial charge in [-0.1, -0.05) is 0 Å². The van der Waals surface area contributed by atoms with E-state index in [1.807, 2.05) is 0 Å². The zero-order valence-corrected chi connectivity index (χ0v) is 11.0. The van der Waals surface area contributed by atoms with E-state index in [-0.39, 0.29) is 16.7 Å². The minimum atomic E-state index is -4.83. The Hall–Kier alpha value is 0.0200. The lowest BCUT2D eigenvalue weighted by Crippen LogP contribution is -2.59. The SMILES string of the molecule is CC[N+](O[S+]([O])C(F)(F)F)(C(C)C)C(C)C. The topological polar surface area (TPSA) is 29.1 Å². The molecule has 0 bridgehead atoms. The summed E-state index contributed by atoms with van der Waals surface area (Å²) in [6, 6.07) is -0.396. The summed E-state index contributed by atoms with van der Waals surface area (Å²) in [7, 11) is 0. The van der Waals surface area contributed by atoms with Crippen LogP contribution < -0.4 is 0 Å². The number of hydroxylamine groups is 3. The van der Waals surface area contributed by atoms with Crippen LogP contribution in [0.25, 0.3) is 0 Å². The van der Waals surface area contributed by atoms with Crippen LogP contribution in [0, 0.1) is 0 Å². The number of hydrogen-bond acceptors (Lipinski definition) is 1. The van der Waals surface area contributed by atoms with E-state index in [9.17, 15) is 17.7 Å². The smallest absolute Gasteiger partial charge is 0.123 e. The van der Waals surface area contributed by atoms with Crippen molar-refractivity contribution in [2.75, 3.05) is 6.54 Å². The fourth-order valence-electron chi connectivity index (χ4n) is 1.72. The molecule has 0 saturated carbocycles. The molecule has 3 nitrogen and oxygen atoms in total. The molecule has 0 N–H and O–H groups in total. The second-order valence-corrected chi connectivity index (χ2v) is 5.19. The number of nitrogens with zero attached hydrogens (tertiary/aromatic N) is 1. The zero-order valence-electron chi connectivity index (χ0n) is 10.2. The van der Waals surface area contributed by atoms with Crippen molar-refractivity contribution < 1.29 is 26.7 Å². The van der Waals surface area contributed by atoms with E-state index >= 15 is 0 Å². The largest absolute Gasteiger partial charge is 0.653 e. The fraction of sp³-hybridized carbons (Fsp3) is 1.00. The maximum absolute atomic E-state index is 12.2. The maximum Gasteiger partial charge on any atom is 0.653 e. The van der Waals surface area contributed by atoms with Gasteiger partial charge in [-0.05, 0) is 34.6 Å². The molecule has 1 radical (unpaired) electrons. The molecule has 0 aliphatic heterocycles. The van der Waals surface area contributed by atoms with Crippen molar-refractivity contribution in [2.45, 2.75) is 52.2 Å². The van der Waals surface area contributed by atoms with Crippen molar-refractivity contribution in [1.82, 2.24) is 0 Å². The van der Waals surface area contributed by atoms with Crippen LogP contribution in [-0.2, 0) is 20.3 Å². The fourth-order valence-corrected chi connectivity index (χ4v) is 2.51. The molecular weight excluding hydrogens is 243 g/mol. The quantitative estimate of drug-likeness (QED) is 0.425. The van der Waals surface area contributed by atoms with Gasteiger partial charge in [-0.25, -0.2) is 0 Å². The van der Waals surface area contributed by atoms with Gasteiger partial charge in [0.2, 0.25) is 0 Å². The second kappa shape index (κ2) is 5.57. The van der Waals surface area contributed by atoms with Gasteiger partial charge in [-0.15, -0.1) is 17.8 Å². The standard InChI is InChI=1S/C9H19F3NO2S/c1-6-13(7(2)3,8(4)5)15-16(14)9(10,11)12/h7-8H,6H2,1-5H3/q+2. The molecule has 0 saturated heterocycles. The summed E-state index contributed by atoms with van der Waals surface area (Å²) in [6.07, 6.45) is 0. The Labute approximate surface area is 97.5 Å². The highest BCUT2D eigenvalue weighted by molar-refractivity contribution is 7.87. The first-order valence-corrected chi connectivity index (χ1v) is 6.21. The van der Waals surface area contributed by atoms with Gasteiger partial charge < -0.3 is 0 Å². The van der Waals surface area contributed by atoms with E-state index in [2.05, 4.69) is 0 Å². The van der Waals surface area contributed by atoms with Gasteiger partial charge >= 0.3 is 17.0 Å². The number of rotatable bonds is 5. The van der Waals surface area contributed by atoms with E-state index in [1.165, 1.54) is 0 Å². The molecule has 1 atom stereocenters. The Bertz CT molecular complexity index is 213. The first kappa shape index (κ1) is 16.0. The van der Waals surface area contributed by atoms with E-state index in [0.29, 0.717) is 6.54 Å². The van der Waals surface area contributed by atoms with E-state index in [0.717, 1.165) is 0 Å². The average molecular weight is 262 g/mol. The molecule has 0 spiro atoms. The lowest BCUT2D eigenvalue weighted by Gasteiger charge is -2.36. The van der Waals surface area contributed by atoms with E-state index in [4.69, 9.17) is 4.28 Å². The third kappa shape index (κ3) is 3.51. The molecule has 0 heterocycles. The minimum absolute atomic E-state index is 0.198. The number of halogens is 3. The Morgan fingerprint density at radius 1 is 1.19 bits per heavy atom. The lowest BCUT2D eigenvalue weighted by molar-refractivity contribution is -1.11. The molecular formula is C9H19F3NO2S+2. The van der Waals surface area contributed by atoms with Crippen molar-refractivity contribution in [3.8, 4) is 0 Å². The number of alkyl halides is 3. The van der Waals surface area contributed by atoms with Crippen LogP contribution in [0.15, 0.2) is 0 Å². The normalized spacial score (nSPS) is 15.9. The molecule has 0 fully saturated rings. The molecule has 16 heavy (non-hydrogen) atoms. The monoisotopic (exact) mass is 262 g/mol. The number of quaternary nitrogens is 1. The zero-order chi connectivity index (χ0) is 13.1. The van der Waals surface area contributed by atoms with E-state index < -0.39 is 17.0 Å². The molecule has 7 heteroatoms. The molecule has 0 aliphatic carbocycles. The average Bonchev–Trinajstić information content (AvgIpc) is 2.10. The Kier molecular flexibility index (Phi) is 5.58. The highest BCUT2D eigenvalue weighted by atomic mass is 32.2. The van der Waals surface area contributed by atoms with Gasteiger partial charge in [-0.2, -0.15) is 0 Å². The second-order valence-electron chi connectivity index (χ2n) is 4.11. The van der Waals surface area contributed by atoms with Crippen molar-refractivity contribution in [2.24, 2.45) is 0 Å². The predicted octanol–water partition coefficient (Wildman–Crippen LogP) is 2.97. The van der Waals surface area contributed by atoms with Crippen molar-refractivity contribution >= 4 is 11.5 Å². The predicted molar refractivity (Wildman–Crippen MR) is 56.3 cm³/mol. The first-order valence-electron chi connectivity index (χ1n) is 5.14. The summed E-state index contributed by atoms with van der Waals surface area (Å²) in [6.45, 7) is 9.03. The molecule has 0 aromatic rings. The highest BCUT2D eigenvalue weighted by Crippen LogP contribution is 2.31. The minimum Gasteiger partial charge on any atom is -0.123 e. The van der Waals surface area contributed by atoms with Crippen molar-refractivity contribution in [3.63, 3.8) is 0 Å². The molecule has 0 aliphatic rings. The van der Waals surface area contributed by atoms with Crippen LogP contribution in [0.1, 0.15) is 34.6 Å². The van der Waals surface area contributed by atoms with E-state index in [1.54, 1.807) is 34.6 Å². The lowest BCUT2D eigenvalue weighted by atomic mass is 10.2. The summed E-state index contributed by atoms with van der Waals surface area (Å²) in [5.74, 6) is 0. The van der Waals surface area contributed by atoms with Crippen LogP contribution in [0.3, 0.4) is 0 Å². The Morgan fingerprint density at radius 3 is 1.75 bits per heavy atom. The van der Waals surface area contributed by atoms with Gasteiger partial charge in [0.25, 0.3) is 0 Å². The summed E-state index contributed by atoms with van der Waals surface area (Å²) in [4.78, 5) is 0. The van der Waals surface area contributed by atoms with Gasteiger partial charge in [0.1, 0.15) is 18.6 Å². The molecule has 0 aromatic heterocycles. The van der Waals surface area contributed by atoms with Crippen LogP contribution in [-0.4, -0.2) is 28.8 Å². The Balaban J connectivity index is 4.94. The summed E-state index contributed by atoms with van der Waals surface area (Å²) in [5, 5.41) is 0. The molecule has 1 unspecified atom stereocenters. The third-order valence-electron chi connectivity index (χ3n) is 2.64. The van der Waals surface area contributed by atoms with Crippen LogP contribution in [0.2, 0.25) is 0 Å². The Morgan fingerprint density at radius 2 is 1.56 bits per heavy atom. The molecule has 0 rings (SSSR count). The number of hydrogen-bond donors (Lipinski definition) is 0. The van der Waals surface area contributed by atoms with Gasteiger partial charge in [0.05, 0.1) is 8.84 Å². The summed E-state index contributed by atoms with van der Waals surface area (Å²) < 4.78 is 52.1. The summed E-state index contributed by atoms with van der Waals surface area (Å²) >= 11 is -3.28. The molecule has 0 aromatic carbocycles. The molecule has 97 valence electrons. The van der Waals surface area contributed by atoms with Gasteiger partial charge in [-0.3, -0.25) is 0 Å². The molecule has 0 amide bonds. The van der Waals surface area contributed by atoms with Crippen molar-refractivity contribution in [3.05, 3.63) is 0 Å². The first-order chi connectivity index (χ1) is 7.08. The van der Waals surface area contributed by atoms with Gasteiger partial charge in [0.15, 0.2) is 0 Å². The van der Waals surface area contributed by atoms with Crippen molar-refractivity contribution in [1.29, 1.82) is 0 Å².